The fraction of sp³-hybridized carbons (Fsp3) is 0.333. The van der Waals surface area contributed by atoms with E-state index in [4.69, 9.17) is 17.3 Å². The minimum atomic E-state index is -1.31. The fourth-order valence-corrected chi connectivity index (χ4v) is 2.55. The Balaban J connectivity index is 2.33. The highest BCUT2D eigenvalue weighted by Gasteiger charge is 2.46. The molecule has 1 aromatic rings. The van der Waals surface area contributed by atoms with Gasteiger partial charge in [-0.1, -0.05) is 12.1 Å². The van der Waals surface area contributed by atoms with E-state index in [1.807, 2.05) is 0 Å². The quantitative estimate of drug-likeness (QED) is 0.564. The Morgan fingerprint density at radius 1 is 1.40 bits per heavy atom. The van der Waals surface area contributed by atoms with Gasteiger partial charge in [-0.15, -0.1) is 0 Å². The molecule has 0 unspecified atom stereocenters. The van der Waals surface area contributed by atoms with Crippen molar-refractivity contribution in [3.8, 4) is 0 Å². The second-order valence-corrected chi connectivity index (χ2v) is 6.32. The lowest BCUT2D eigenvalue weighted by molar-refractivity contribution is -0.148. The van der Waals surface area contributed by atoms with Crippen LogP contribution in [0.15, 0.2) is 24.3 Å². The third kappa shape index (κ3) is 4.09. The first kappa shape index (κ1) is 18.7. The lowest BCUT2D eigenvalue weighted by Crippen LogP contribution is -2.73. The van der Waals surface area contributed by atoms with Gasteiger partial charge in [-0.2, -0.15) is 5.01 Å². The van der Waals surface area contributed by atoms with E-state index in [0.717, 1.165) is 6.07 Å². The summed E-state index contributed by atoms with van der Waals surface area (Å²) in [4.78, 5) is 36.0. The van der Waals surface area contributed by atoms with Crippen molar-refractivity contribution in [2.75, 3.05) is 5.32 Å². The van der Waals surface area contributed by atoms with Crippen molar-refractivity contribution < 1.29 is 23.9 Å². The molecule has 1 aliphatic rings. The molecular weight excluding hydrogens is 351 g/mol. The zero-order valence-electron chi connectivity index (χ0n) is 13.5. The van der Waals surface area contributed by atoms with Gasteiger partial charge in [0.15, 0.2) is 5.11 Å². The lowest BCUT2D eigenvalue weighted by atomic mass is 9.98. The van der Waals surface area contributed by atoms with Crippen LogP contribution in [-0.2, 0) is 14.4 Å². The molecule has 2 rings (SSSR count). The monoisotopic (exact) mass is 368 g/mol. The number of hydrogen-bond acceptors (Lipinski definition) is 5. The Kier molecular flexibility index (Phi) is 5.33. The summed E-state index contributed by atoms with van der Waals surface area (Å²) in [6.45, 7) is 3.00. The molecule has 8 nitrogen and oxygen atoms in total. The second kappa shape index (κ2) is 7.11. The molecule has 0 radical (unpaired) electrons. The van der Waals surface area contributed by atoms with Crippen molar-refractivity contribution in [1.29, 1.82) is 0 Å². The van der Waals surface area contributed by atoms with Gasteiger partial charge < -0.3 is 15.7 Å². The molecule has 134 valence electrons. The van der Waals surface area contributed by atoms with Gasteiger partial charge in [0.25, 0.3) is 0 Å². The molecule has 1 aliphatic heterocycles. The number of hydrogen-bond donors (Lipinski definition) is 4. The minimum Gasteiger partial charge on any atom is -0.481 e. The Bertz CT molecular complexity index is 740. The van der Waals surface area contributed by atoms with Gasteiger partial charge in [-0.05, 0) is 38.2 Å². The maximum absolute atomic E-state index is 13.7. The fourth-order valence-electron chi connectivity index (χ4n) is 2.36. The number of carbonyl (C=O) groups excluding carboxylic acids is 2. The molecule has 2 amide bonds. The van der Waals surface area contributed by atoms with Gasteiger partial charge >= 0.3 is 5.97 Å². The summed E-state index contributed by atoms with van der Waals surface area (Å²) in [5, 5.41) is 15.0. The van der Waals surface area contributed by atoms with Gasteiger partial charge in [0.1, 0.15) is 17.4 Å². The highest BCUT2D eigenvalue weighted by atomic mass is 32.1. The Labute approximate surface area is 148 Å². The number of rotatable bonds is 5. The largest absolute Gasteiger partial charge is 0.481 e. The number of carboxylic acid groups (broad SMARTS) is 1. The summed E-state index contributed by atoms with van der Waals surface area (Å²) in [6.07, 6.45) is -0.618. The van der Waals surface area contributed by atoms with Crippen LogP contribution in [0.3, 0.4) is 0 Å². The number of halogens is 1. The zero-order valence-corrected chi connectivity index (χ0v) is 14.3. The van der Waals surface area contributed by atoms with E-state index >= 15 is 0 Å². The van der Waals surface area contributed by atoms with Crippen LogP contribution in [0, 0.1) is 5.82 Å². The molecule has 4 N–H and O–H groups in total. The maximum Gasteiger partial charge on any atom is 0.305 e. The molecule has 25 heavy (non-hydrogen) atoms. The van der Waals surface area contributed by atoms with Crippen molar-refractivity contribution in [3.63, 3.8) is 0 Å². The van der Waals surface area contributed by atoms with Crippen molar-refractivity contribution in [2.45, 2.75) is 31.8 Å². The van der Waals surface area contributed by atoms with Crippen LogP contribution in [-0.4, -0.2) is 44.6 Å². The van der Waals surface area contributed by atoms with Gasteiger partial charge in [-0.25, -0.2) is 4.39 Å². The standard InChI is InChI=1S/C15H17FN4O4S/c1-15(2)13(24)18-14(25)19-20(15)10(7-11(21)22)12(23)17-9-6-4-3-5-8(9)16/h3-6,10H,7H2,1-2H3,(H,17,23)(H,21,22)(H2,18,19,24,25)/t10-/m1/s1. The number of thiocarbonyl (C=S) groups is 1. The van der Waals surface area contributed by atoms with Crippen LogP contribution in [0.25, 0.3) is 0 Å². The molecule has 1 saturated heterocycles. The number of nitrogens with zero attached hydrogens (tertiary/aromatic N) is 1. The Morgan fingerprint density at radius 3 is 2.64 bits per heavy atom. The molecular formula is C15H17FN4O4S. The Hall–Kier alpha value is -2.59. The van der Waals surface area contributed by atoms with Crippen LogP contribution in [0.5, 0.6) is 0 Å². The number of carbonyl (C=O) groups is 3. The molecule has 10 heteroatoms. The maximum atomic E-state index is 13.7. The zero-order chi connectivity index (χ0) is 18.8. The second-order valence-electron chi connectivity index (χ2n) is 5.91. The summed E-state index contributed by atoms with van der Waals surface area (Å²) in [5.41, 5.74) is 1.28. The van der Waals surface area contributed by atoms with Crippen LogP contribution in [0.2, 0.25) is 0 Å². The molecule has 0 saturated carbocycles. The molecule has 1 aromatic carbocycles. The first-order chi connectivity index (χ1) is 11.6. The number of aliphatic carboxylic acids is 1. The third-order valence-electron chi connectivity index (χ3n) is 3.72. The Morgan fingerprint density at radius 2 is 2.04 bits per heavy atom. The SMILES string of the molecule is CC1(C)C(=O)NC(=S)NN1[C@H](CC(=O)O)C(=O)Nc1ccccc1F. The predicted octanol–water partition coefficient (Wildman–Crippen LogP) is 0.607. The molecule has 0 spiro atoms. The van der Waals surface area contributed by atoms with E-state index in [1.165, 1.54) is 37.1 Å². The highest BCUT2D eigenvalue weighted by molar-refractivity contribution is 7.80. The van der Waals surface area contributed by atoms with E-state index in [2.05, 4.69) is 16.1 Å². The molecule has 1 heterocycles. The molecule has 0 bridgehead atoms. The summed E-state index contributed by atoms with van der Waals surface area (Å²) >= 11 is 4.91. The molecule has 1 atom stereocenters. The highest BCUT2D eigenvalue weighted by Crippen LogP contribution is 2.22. The average Bonchev–Trinajstić information content (AvgIpc) is 2.51. The normalized spacial score (nSPS) is 18.0. The van der Waals surface area contributed by atoms with E-state index < -0.39 is 41.6 Å². The van der Waals surface area contributed by atoms with Crippen LogP contribution in [0.1, 0.15) is 20.3 Å². The van der Waals surface area contributed by atoms with Crippen molar-refractivity contribution in [3.05, 3.63) is 30.1 Å². The summed E-state index contributed by atoms with van der Waals surface area (Å²) < 4.78 is 13.7. The van der Waals surface area contributed by atoms with Crippen LogP contribution < -0.4 is 16.1 Å². The number of carboxylic acids is 1. The van der Waals surface area contributed by atoms with Gasteiger partial charge in [0, 0.05) is 0 Å². The molecule has 1 fully saturated rings. The van der Waals surface area contributed by atoms with Crippen LogP contribution in [0.4, 0.5) is 10.1 Å². The number of amides is 2. The van der Waals surface area contributed by atoms with Crippen molar-refractivity contribution in [1.82, 2.24) is 15.8 Å². The summed E-state index contributed by atoms with van der Waals surface area (Å²) in [6, 6.07) is 4.18. The topological polar surface area (TPSA) is 111 Å². The van der Waals surface area contributed by atoms with Gasteiger partial charge in [-0.3, -0.25) is 19.8 Å². The molecule has 0 aliphatic carbocycles. The number of para-hydroxylation sites is 1. The third-order valence-corrected chi connectivity index (χ3v) is 3.91. The van der Waals surface area contributed by atoms with Crippen LogP contribution >= 0.6 is 12.2 Å². The lowest BCUT2D eigenvalue weighted by Gasteiger charge is -2.44. The van der Waals surface area contributed by atoms with Crippen molar-refractivity contribution >= 4 is 40.8 Å². The first-order valence-corrected chi connectivity index (χ1v) is 7.72. The van der Waals surface area contributed by atoms with E-state index in [1.54, 1.807) is 0 Å². The van der Waals surface area contributed by atoms with Crippen molar-refractivity contribution in [2.24, 2.45) is 0 Å². The van der Waals surface area contributed by atoms with E-state index in [9.17, 15) is 18.8 Å². The van der Waals surface area contributed by atoms with E-state index in [-0.39, 0.29) is 10.8 Å². The average molecular weight is 368 g/mol. The van der Waals surface area contributed by atoms with Gasteiger partial charge in [0.05, 0.1) is 12.1 Å². The predicted molar refractivity (Wildman–Crippen MR) is 90.9 cm³/mol. The minimum absolute atomic E-state index is 0.0570. The van der Waals surface area contributed by atoms with E-state index in [0.29, 0.717) is 0 Å². The van der Waals surface area contributed by atoms with Gasteiger partial charge in [0.2, 0.25) is 11.8 Å². The number of anilines is 1. The number of benzene rings is 1. The molecule has 0 aromatic heterocycles. The smallest absolute Gasteiger partial charge is 0.305 e. The summed E-state index contributed by atoms with van der Waals surface area (Å²) in [7, 11) is 0. The first-order valence-electron chi connectivity index (χ1n) is 7.31. The number of nitrogens with one attached hydrogen (secondary N) is 3. The number of hydrazine groups is 1. The summed E-state index contributed by atoms with van der Waals surface area (Å²) in [5.74, 6) is -3.21.